The van der Waals surface area contributed by atoms with Crippen molar-refractivity contribution >= 4 is 15.7 Å². The third-order valence-electron chi connectivity index (χ3n) is 6.53. The highest BCUT2D eigenvalue weighted by Gasteiger charge is 2.50. The zero-order valence-corrected chi connectivity index (χ0v) is 16.5. The SMILES string of the molecule is O=S(=O)(c1cnn(C2CCOCC2)c1)N1CC2(CCCC2)c2c(F)cccc21. The minimum Gasteiger partial charge on any atom is -0.381 e. The summed E-state index contributed by atoms with van der Waals surface area (Å²) in [7, 11) is -3.80. The summed E-state index contributed by atoms with van der Waals surface area (Å²) in [6, 6.07) is 4.92. The molecule has 0 N–H and O–H groups in total. The second-order valence-electron chi connectivity index (χ2n) is 8.13. The molecule has 8 heteroatoms. The van der Waals surface area contributed by atoms with Crippen molar-refractivity contribution in [2.75, 3.05) is 24.1 Å². The lowest BCUT2D eigenvalue weighted by Crippen LogP contribution is -2.35. The Morgan fingerprint density at radius 2 is 1.93 bits per heavy atom. The summed E-state index contributed by atoms with van der Waals surface area (Å²) in [6.07, 6.45) is 8.34. The molecule has 150 valence electrons. The Morgan fingerprint density at radius 1 is 1.18 bits per heavy atom. The number of hydrogen-bond donors (Lipinski definition) is 0. The van der Waals surface area contributed by atoms with Crippen LogP contribution in [0.25, 0.3) is 0 Å². The lowest BCUT2D eigenvalue weighted by molar-refractivity contribution is 0.0662. The molecule has 28 heavy (non-hydrogen) atoms. The van der Waals surface area contributed by atoms with Crippen LogP contribution in [0.3, 0.4) is 0 Å². The van der Waals surface area contributed by atoms with Crippen LogP contribution < -0.4 is 4.31 Å². The van der Waals surface area contributed by atoms with Crippen molar-refractivity contribution in [1.29, 1.82) is 0 Å². The molecule has 5 rings (SSSR count). The average Bonchev–Trinajstić information content (AvgIpc) is 3.43. The lowest BCUT2D eigenvalue weighted by atomic mass is 9.80. The van der Waals surface area contributed by atoms with Gasteiger partial charge in [0.05, 0.1) is 17.9 Å². The van der Waals surface area contributed by atoms with Gasteiger partial charge in [-0.15, -0.1) is 0 Å². The quantitative estimate of drug-likeness (QED) is 0.785. The second-order valence-corrected chi connectivity index (χ2v) is 9.99. The molecule has 2 fully saturated rings. The van der Waals surface area contributed by atoms with E-state index in [1.807, 2.05) is 0 Å². The number of fused-ring (bicyclic) bond motifs is 2. The van der Waals surface area contributed by atoms with Crippen LogP contribution in [0.15, 0.2) is 35.5 Å². The van der Waals surface area contributed by atoms with Gasteiger partial charge >= 0.3 is 0 Å². The number of rotatable bonds is 3. The van der Waals surface area contributed by atoms with E-state index >= 15 is 0 Å². The van der Waals surface area contributed by atoms with Crippen LogP contribution in [0.4, 0.5) is 10.1 Å². The highest BCUT2D eigenvalue weighted by molar-refractivity contribution is 7.92. The van der Waals surface area contributed by atoms with Crippen molar-refractivity contribution in [3.63, 3.8) is 0 Å². The van der Waals surface area contributed by atoms with Gasteiger partial charge in [0.2, 0.25) is 0 Å². The normalized spacial score (nSPS) is 22.1. The minimum atomic E-state index is -3.80. The topological polar surface area (TPSA) is 64.4 Å². The van der Waals surface area contributed by atoms with Crippen LogP contribution in [0.5, 0.6) is 0 Å². The summed E-state index contributed by atoms with van der Waals surface area (Å²) in [6.45, 7) is 1.63. The molecule has 0 amide bonds. The summed E-state index contributed by atoms with van der Waals surface area (Å²) in [5.41, 5.74) is 0.665. The third kappa shape index (κ3) is 2.69. The molecule has 1 aliphatic carbocycles. The molecular formula is C20H24FN3O3S. The summed E-state index contributed by atoms with van der Waals surface area (Å²) in [5.74, 6) is -0.296. The molecule has 6 nitrogen and oxygen atoms in total. The molecule has 1 saturated heterocycles. The van der Waals surface area contributed by atoms with Crippen LogP contribution in [0, 0.1) is 5.82 Å². The van der Waals surface area contributed by atoms with Gasteiger partial charge in [0.15, 0.2) is 0 Å². The smallest absolute Gasteiger partial charge is 0.267 e. The number of sulfonamides is 1. The van der Waals surface area contributed by atoms with Crippen LogP contribution in [-0.2, 0) is 20.2 Å². The van der Waals surface area contributed by atoms with Gasteiger partial charge in [-0.3, -0.25) is 8.99 Å². The summed E-state index contributed by atoms with van der Waals surface area (Å²) < 4.78 is 50.2. The molecule has 0 atom stereocenters. The molecule has 3 aliphatic rings. The van der Waals surface area contributed by atoms with Gasteiger partial charge in [-0.1, -0.05) is 18.9 Å². The van der Waals surface area contributed by atoms with E-state index in [4.69, 9.17) is 4.74 Å². The number of halogens is 1. The predicted octanol–water partition coefficient (Wildman–Crippen LogP) is 3.39. The molecule has 1 saturated carbocycles. The fourth-order valence-electron chi connectivity index (χ4n) is 5.09. The van der Waals surface area contributed by atoms with Crippen molar-refractivity contribution in [1.82, 2.24) is 9.78 Å². The van der Waals surface area contributed by atoms with E-state index in [9.17, 15) is 12.8 Å². The van der Waals surface area contributed by atoms with Crippen molar-refractivity contribution < 1.29 is 17.5 Å². The molecule has 1 spiro atoms. The van der Waals surface area contributed by atoms with Gasteiger partial charge in [-0.05, 0) is 37.8 Å². The van der Waals surface area contributed by atoms with Gasteiger partial charge in [0.1, 0.15) is 10.7 Å². The van der Waals surface area contributed by atoms with E-state index in [-0.39, 0.29) is 16.8 Å². The van der Waals surface area contributed by atoms with Crippen molar-refractivity contribution in [2.24, 2.45) is 0 Å². The summed E-state index contributed by atoms with van der Waals surface area (Å²) >= 11 is 0. The molecular weight excluding hydrogens is 381 g/mol. The van der Waals surface area contributed by atoms with Crippen LogP contribution in [-0.4, -0.2) is 38.0 Å². The third-order valence-corrected chi connectivity index (χ3v) is 8.24. The summed E-state index contributed by atoms with van der Waals surface area (Å²) in [4.78, 5) is 0.171. The molecule has 0 bridgehead atoms. The largest absolute Gasteiger partial charge is 0.381 e. The molecule has 2 aromatic rings. The van der Waals surface area contributed by atoms with E-state index in [0.717, 1.165) is 38.5 Å². The van der Waals surface area contributed by atoms with E-state index in [1.54, 1.807) is 23.0 Å². The highest BCUT2D eigenvalue weighted by atomic mass is 32.2. The number of benzene rings is 1. The van der Waals surface area contributed by atoms with Crippen molar-refractivity contribution in [2.45, 2.75) is 54.9 Å². The molecule has 2 aliphatic heterocycles. The number of ether oxygens (including phenoxy) is 1. The van der Waals surface area contributed by atoms with Crippen LogP contribution in [0.1, 0.15) is 50.1 Å². The Morgan fingerprint density at radius 3 is 2.68 bits per heavy atom. The standard InChI is InChI=1S/C20H24FN3O3S/c21-17-4-3-5-18-19(17)20(8-1-2-9-20)14-24(18)28(25,26)16-12-22-23(13-16)15-6-10-27-11-7-15/h3-5,12-13,15H,1-2,6-11,14H2. The fourth-order valence-corrected chi connectivity index (χ4v) is 6.59. The zero-order valence-electron chi connectivity index (χ0n) is 15.7. The number of hydrogen-bond acceptors (Lipinski definition) is 4. The molecule has 1 aromatic carbocycles. The maximum absolute atomic E-state index is 14.7. The first kappa shape index (κ1) is 18.1. The Bertz CT molecular complexity index is 992. The Hall–Kier alpha value is -1.93. The molecule has 1 aromatic heterocycles. The summed E-state index contributed by atoms with van der Waals surface area (Å²) in [5, 5.41) is 4.32. The first-order valence-electron chi connectivity index (χ1n) is 9.95. The fraction of sp³-hybridized carbons (Fsp3) is 0.550. The second kappa shape index (κ2) is 6.56. The average molecular weight is 405 g/mol. The predicted molar refractivity (Wildman–Crippen MR) is 102 cm³/mol. The first-order valence-corrected chi connectivity index (χ1v) is 11.4. The molecule has 0 radical (unpaired) electrons. The number of anilines is 1. The Balaban J connectivity index is 1.52. The zero-order chi connectivity index (χ0) is 19.4. The maximum Gasteiger partial charge on any atom is 0.267 e. The Kier molecular flexibility index (Phi) is 4.24. The van der Waals surface area contributed by atoms with E-state index in [1.165, 1.54) is 16.6 Å². The minimum absolute atomic E-state index is 0.155. The van der Waals surface area contributed by atoms with E-state index in [0.29, 0.717) is 31.0 Å². The van der Waals surface area contributed by atoms with Crippen molar-refractivity contribution in [3.05, 3.63) is 42.0 Å². The van der Waals surface area contributed by atoms with Gasteiger partial charge in [0.25, 0.3) is 10.0 Å². The monoisotopic (exact) mass is 405 g/mol. The van der Waals surface area contributed by atoms with Crippen LogP contribution >= 0.6 is 0 Å². The number of nitrogens with zero attached hydrogens (tertiary/aromatic N) is 3. The maximum atomic E-state index is 14.7. The van der Waals surface area contributed by atoms with Crippen molar-refractivity contribution in [3.8, 4) is 0 Å². The lowest BCUT2D eigenvalue weighted by Gasteiger charge is -2.25. The van der Waals surface area contributed by atoms with E-state index < -0.39 is 15.4 Å². The van der Waals surface area contributed by atoms with Crippen LogP contribution in [0.2, 0.25) is 0 Å². The van der Waals surface area contributed by atoms with Gasteiger partial charge < -0.3 is 4.74 Å². The highest BCUT2D eigenvalue weighted by Crippen LogP contribution is 2.52. The first-order chi connectivity index (χ1) is 13.5. The molecule has 0 unspecified atom stereocenters. The van der Waals surface area contributed by atoms with Gasteiger partial charge in [0, 0.05) is 36.9 Å². The Labute approximate surface area is 164 Å². The molecule has 3 heterocycles. The number of aromatic nitrogens is 2. The van der Waals surface area contributed by atoms with E-state index in [2.05, 4.69) is 5.10 Å². The van der Waals surface area contributed by atoms with Gasteiger partial charge in [-0.2, -0.15) is 5.10 Å². The van der Waals surface area contributed by atoms with Gasteiger partial charge in [-0.25, -0.2) is 12.8 Å².